The average Bonchev–Trinajstić information content (AvgIpc) is 3.28. The molecule has 0 saturated carbocycles. The number of nitrogens with zero attached hydrogens (tertiary/aromatic N) is 2. The van der Waals surface area contributed by atoms with Crippen LogP contribution in [0.4, 0.5) is 0 Å². The number of carbonyl (C=O) groups excluding carboxylic acids is 2. The van der Waals surface area contributed by atoms with Crippen LogP contribution in [0.15, 0.2) is 52.9 Å². The highest BCUT2D eigenvalue weighted by atomic mass is 32.1. The molecule has 6 heteroatoms. The van der Waals surface area contributed by atoms with Gasteiger partial charge in [0.15, 0.2) is 0 Å². The van der Waals surface area contributed by atoms with Crippen molar-refractivity contribution in [2.24, 2.45) is 10.5 Å². The number of hydrazone groups is 1. The van der Waals surface area contributed by atoms with Gasteiger partial charge in [0.1, 0.15) is 0 Å². The predicted molar refractivity (Wildman–Crippen MR) is 109 cm³/mol. The summed E-state index contributed by atoms with van der Waals surface area (Å²) in [5.74, 6) is -0.313. The number of hydrogen-bond acceptors (Lipinski definition) is 4. The lowest BCUT2D eigenvalue weighted by Crippen LogP contribution is -2.38. The quantitative estimate of drug-likeness (QED) is 0.849. The zero-order chi connectivity index (χ0) is 19.4. The first-order valence-corrected chi connectivity index (χ1v) is 9.96. The van der Waals surface area contributed by atoms with Gasteiger partial charge in [-0.3, -0.25) is 9.59 Å². The SMILES string of the molecule is CC(C)(C)CC(=O)NCC(=O)N1N=C(c2cccs2)C[C@@H]1c1ccccc1. The molecule has 0 bridgehead atoms. The van der Waals surface area contributed by atoms with Crippen molar-refractivity contribution in [3.05, 3.63) is 58.3 Å². The van der Waals surface area contributed by atoms with Gasteiger partial charge in [0.05, 0.1) is 23.2 Å². The van der Waals surface area contributed by atoms with Crippen LogP contribution >= 0.6 is 11.3 Å². The third kappa shape index (κ3) is 5.04. The molecule has 2 aromatic rings. The van der Waals surface area contributed by atoms with E-state index < -0.39 is 0 Å². The molecule has 1 aliphatic heterocycles. The molecule has 1 atom stereocenters. The Morgan fingerprint density at radius 2 is 1.93 bits per heavy atom. The highest BCUT2D eigenvalue weighted by Gasteiger charge is 2.33. The van der Waals surface area contributed by atoms with E-state index in [9.17, 15) is 9.59 Å². The van der Waals surface area contributed by atoms with Crippen LogP contribution in [0.25, 0.3) is 0 Å². The van der Waals surface area contributed by atoms with Gasteiger partial charge in [-0.15, -0.1) is 11.3 Å². The molecule has 2 amide bonds. The summed E-state index contributed by atoms with van der Waals surface area (Å²) in [5.41, 5.74) is 1.84. The van der Waals surface area contributed by atoms with E-state index in [1.807, 2.05) is 68.6 Å². The monoisotopic (exact) mass is 383 g/mol. The third-order valence-electron chi connectivity index (χ3n) is 4.28. The normalized spacial score (nSPS) is 16.9. The second kappa shape index (κ2) is 8.05. The molecule has 0 radical (unpaired) electrons. The first-order chi connectivity index (χ1) is 12.8. The summed E-state index contributed by atoms with van der Waals surface area (Å²) in [7, 11) is 0. The van der Waals surface area contributed by atoms with E-state index in [1.165, 1.54) is 5.01 Å². The lowest BCUT2D eigenvalue weighted by molar-refractivity contribution is -0.134. The van der Waals surface area contributed by atoms with E-state index in [0.29, 0.717) is 12.8 Å². The molecule has 142 valence electrons. The Kier molecular flexibility index (Phi) is 5.75. The Labute approximate surface area is 164 Å². The van der Waals surface area contributed by atoms with Crippen molar-refractivity contribution in [2.45, 2.75) is 39.7 Å². The maximum Gasteiger partial charge on any atom is 0.262 e. The number of benzene rings is 1. The molecule has 1 aromatic carbocycles. The van der Waals surface area contributed by atoms with Gasteiger partial charge in [-0.05, 0) is 22.4 Å². The molecule has 3 rings (SSSR count). The van der Waals surface area contributed by atoms with Gasteiger partial charge in [-0.1, -0.05) is 57.2 Å². The molecule has 0 spiro atoms. The number of amides is 2. The summed E-state index contributed by atoms with van der Waals surface area (Å²) in [6.45, 7) is 5.95. The van der Waals surface area contributed by atoms with Crippen LogP contribution in [0.2, 0.25) is 0 Å². The summed E-state index contributed by atoms with van der Waals surface area (Å²) < 4.78 is 0. The second-order valence-corrected chi connectivity index (χ2v) is 8.85. The molecule has 0 aliphatic carbocycles. The Balaban J connectivity index is 1.74. The van der Waals surface area contributed by atoms with Crippen molar-refractivity contribution in [2.75, 3.05) is 6.54 Å². The van der Waals surface area contributed by atoms with Gasteiger partial charge < -0.3 is 5.32 Å². The van der Waals surface area contributed by atoms with Crippen LogP contribution in [0, 0.1) is 5.41 Å². The minimum Gasteiger partial charge on any atom is -0.347 e. The Morgan fingerprint density at radius 1 is 1.19 bits per heavy atom. The third-order valence-corrected chi connectivity index (χ3v) is 5.20. The average molecular weight is 384 g/mol. The lowest BCUT2D eigenvalue weighted by Gasteiger charge is -2.23. The minimum atomic E-state index is -0.197. The van der Waals surface area contributed by atoms with Crippen molar-refractivity contribution >= 4 is 28.9 Å². The van der Waals surface area contributed by atoms with Crippen LogP contribution in [0.1, 0.15) is 50.1 Å². The van der Waals surface area contributed by atoms with E-state index in [2.05, 4.69) is 10.4 Å². The Bertz CT molecular complexity index is 823. The molecule has 0 saturated heterocycles. The van der Waals surface area contributed by atoms with E-state index in [0.717, 1.165) is 16.2 Å². The zero-order valence-corrected chi connectivity index (χ0v) is 16.8. The van der Waals surface area contributed by atoms with Crippen molar-refractivity contribution in [1.29, 1.82) is 0 Å². The van der Waals surface area contributed by atoms with Gasteiger partial charge in [0, 0.05) is 12.8 Å². The second-order valence-electron chi connectivity index (χ2n) is 7.91. The largest absolute Gasteiger partial charge is 0.347 e. The van der Waals surface area contributed by atoms with E-state index in [4.69, 9.17) is 0 Å². The molecular weight excluding hydrogens is 358 g/mol. The Morgan fingerprint density at radius 3 is 2.56 bits per heavy atom. The lowest BCUT2D eigenvalue weighted by atomic mass is 9.92. The van der Waals surface area contributed by atoms with Crippen LogP contribution in [-0.2, 0) is 9.59 Å². The topological polar surface area (TPSA) is 61.8 Å². The van der Waals surface area contributed by atoms with Gasteiger partial charge in [0.25, 0.3) is 5.91 Å². The maximum atomic E-state index is 12.8. The van der Waals surface area contributed by atoms with Crippen LogP contribution in [0.3, 0.4) is 0 Å². The highest BCUT2D eigenvalue weighted by Crippen LogP contribution is 2.33. The van der Waals surface area contributed by atoms with E-state index in [-0.39, 0.29) is 29.8 Å². The van der Waals surface area contributed by atoms with Crippen molar-refractivity contribution in [1.82, 2.24) is 10.3 Å². The van der Waals surface area contributed by atoms with Crippen LogP contribution in [-0.4, -0.2) is 29.1 Å². The number of hydrogen-bond donors (Lipinski definition) is 1. The molecule has 1 aromatic heterocycles. The van der Waals surface area contributed by atoms with Crippen molar-refractivity contribution in [3.8, 4) is 0 Å². The van der Waals surface area contributed by atoms with Crippen molar-refractivity contribution < 1.29 is 9.59 Å². The Hall–Kier alpha value is -2.47. The zero-order valence-electron chi connectivity index (χ0n) is 15.9. The minimum absolute atomic E-state index is 0.0422. The fraction of sp³-hybridized carbons (Fsp3) is 0.381. The summed E-state index contributed by atoms with van der Waals surface area (Å²) in [6.07, 6.45) is 1.05. The molecule has 5 nitrogen and oxygen atoms in total. The molecule has 2 heterocycles. The van der Waals surface area contributed by atoms with E-state index in [1.54, 1.807) is 11.3 Å². The number of nitrogens with one attached hydrogen (secondary N) is 1. The fourth-order valence-electron chi connectivity index (χ4n) is 3.07. The molecular formula is C21H25N3O2S. The molecule has 0 unspecified atom stereocenters. The number of carbonyl (C=O) groups is 2. The number of rotatable bonds is 5. The first-order valence-electron chi connectivity index (χ1n) is 9.08. The highest BCUT2D eigenvalue weighted by molar-refractivity contribution is 7.12. The predicted octanol–water partition coefficient (Wildman–Crippen LogP) is 3.98. The molecule has 27 heavy (non-hydrogen) atoms. The van der Waals surface area contributed by atoms with Crippen LogP contribution < -0.4 is 5.32 Å². The number of thiophene rings is 1. The summed E-state index contributed by atoms with van der Waals surface area (Å²) >= 11 is 1.62. The first kappa shape index (κ1) is 19.3. The van der Waals surface area contributed by atoms with Gasteiger partial charge in [-0.25, -0.2) is 5.01 Å². The van der Waals surface area contributed by atoms with E-state index >= 15 is 0 Å². The molecule has 1 N–H and O–H groups in total. The smallest absolute Gasteiger partial charge is 0.262 e. The summed E-state index contributed by atoms with van der Waals surface area (Å²) in [4.78, 5) is 26.0. The molecule has 0 fully saturated rings. The van der Waals surface area contributed by atoms with Crippen molar-refractivity contribution in [3.63, 3.8) is 0 Å². The maximum absolute atomic E-state index is 12.8. The standard InChI is InChI=1S/C21H25N3O2S/c1-21(2,3)13-19(25)22-14-20(26)24-17(15-8-5-4-6-9-15)12-16(23-24)18-10-7-11-27-18/h4-11,17H,12-14H2,1-3H3,(H,22,25)/t17-/m1/s1. The molecule has 1 aliphatic rings. The van der Waals surface area contributed by atoms with Gasteiger partial charge in [-0.2, -0.15) is 5.10 Å². The van der Waals surface area contributed by atoms with Gasteiger partial charge >= 0.3 is 0 Å². The van der Waals surface area contributed by atoms with Crippen LogP contribution in [0.5, 0.6) is 0 Å². The fourth-order valence-corrected chi connectivity index (χ4v) is 3.79. The summed E-state index contributed by atoms with van der Waals surface area (Å²) in [6, 6.07) is 13.8. The van der Waals surface area contributed by atoms with Gasteiger partial charge in [0.2, 0.25) is 5.91 Å². The summed E-state index contributed by atoms with van der Waals surface area (Å²) in [5, 5.41) is 10.9.